The lowest BCUT2D eigenvalue weighted by atomic mass is 10.1. The van der Waals surface area contributed by atoms with Gasteiger partial charge >= 0.3 is 0 Å². The molecule has 0 aliphatic carbocycles. The SMILES string of the molecule is COc1ccc(OC)c(CCC(=O)N2CCC(CN)C2)c1. The Hall–Kier alpha value is -1.75. The molecule has 1 heterocycles. The van der Waals surface area contributed by atoms with E-state index in [1.54, 1.807) is 14.2 Å². The Labute approximate surface area is 126 Å². The van der Waals surface area contributed by atoms with Gasteiger partial charge in [0.15, 0.2) is 0 Å². The number of hydrogen-bond donors (Lipinski definition) is 1. The topological polar surface area (TPSA) is 64.8 Å². The Balaban J connectivity index is 1.94. The summed E-state index contributed by atoms with van der Waals surface area (Å²) < 4.78 is 10.6. The van der Waals surface area contributed by atoms with Gasteiger partial charge in [0.2, 0.25) is 5.91 Å². The lowest BCUT2D eigenvalue weighted by molar-refractivity contribution is -0.130. The van der Waals surface area contributed by atoms with Crippen LogP contribution in [0.1, 0.15) is 18.4 Å². The van der Waals surface area contributed by atoms with Gasteiger partial charge in [0.25, 0.3) is 0 Å². The van der Waals surface area contributed by atoms with Gasteiger partial charge in [-0.3, -0.25) is 4.79 Å². The van der Waals surface area contributed by atoms with E-state index < -0.39 is 0 Å². The Morgan fingerprint density at radius 3 is 2.81 bits per heavy atom. The molecule has 0 bridgehead atoms. The molecular weight excluding hydrogens is 268 g/mol. The molecule has 0 radical (unpaired) electrons. The number of hydrogen-bond acceptors (Lipinski definition) is 4. The second-order valence-corrected chi connectivity index (χ2v) is 5.41. The predicted octanol–water partition coefficient (Wildman–Crippen LogP) is 1.44. The fourth-order valence-electron chi connectivity index (χ4n) is 2.73. The van der Waals surface area contributed by atoms with E-state index in [1.165, 1.54) is 0 Å². The van der Waals surface area contributed by atoms with Crippen molar-refractivity contribution in [3.05, 3.63) is 23.8 Å². The van der Waals surface area contributed by atoms with Crippen LogP contribution in [0.5, 0.6) is 11.5 Å². The first kappa shape index (κ1) is 15.6. The van der Waals surface area contributed by atoms with Crippen LogP contribution < -0.4 is 15.2 Å². The number of benzene rings is 1. The number of amides is 1. The number of carbonyl (C=O) groups is 1. The highest BCUT2D eigenvalue weighted by Crippen LogP contribution is 2.25. The number of ether oxygens (including phenoxy) is 2. The minimum absolute atomic E-state index is 0.191. The molecule has 116 valence electrons. The van der Waals surface area contributed by atoms with Crippen molar-refractivity contribution in [3.63, 3.8) is 0 Å². The smallest absolute Gasteiger partial charge is 0.222 e. The molecule has 1 atom stereocenters. The van der Waals surface area contributed by atoms with E-state index in [1.807, 2.05) is 23.1 Å². The lowest BCUT2D eigenvalue weighted by Crippen LogP contribution is -2.30. The normalized spacial score (nSPS) is 17.9. The van der Waals surface area contributed by atoms with Crippen molar-refractivity contribution in [2.75, 3.05) is 33.9 Å². The molecule has 0 spiro atoms. The van der Waals surface area contributed by atoms with Crippen LogP contribution in [-0.2, 0) is 11.2 Å². The van der Waals surface area contributed by atoms with Crippen LogP contribution in [0.15, 0.2) is 18.2 Å². The van der Waals surface area contributed by atoms with Gasteiger partial charge in [-0.05, 0) is 49.1 Å². The summed E-state index contributed by atoms with van der Waals surface area (Å²) in [5, 5.41) is 0. The van der Waals surface area contributed by atoms with Crippen LogP contribution in [-0.4, -0.2) is 44.7 Å². The molecule has 1 aliphatic heterocycles. The summed E-state index contributed by atoms with van der Waals surface area (Å²) in [7, 11) is 3.27. The minimum Gasteiger partial charge on any atom is -0.497 e. The van der Waals surface area contributed by atoms with Gasteiger partial charge in [0.1, 0.15) is 11.5 Å². The largest absolute Gasteiger partial charge is 0.497 e. The zero-order valence-electron chi connectivity index (χ0n) is 12.8. The molecule has 1 unspecified atom stereocenters. The predicted molar refractivity (Wildman–Crippen MR) is 81.6 cm³/mol. The highest BCUT2D eigenvalue weighted by atomic mass is 16.5. The Morgan fingerprint density at radius 2 is 2.19 bits per heavy atom. The van der Waals surface area contributed by atoms with Crippen molar-refractivity contribution >= 4 is 5.91 Å². The first-order chi connectivity index (χ1) is 10.2. The maximum Gasteiger partial charge on any atom is 0.222 e. The number of nitrogens with two attached hydrogens (primary N) is 1. The molecule has 1 fully saturated rings. The van der Waals surface area contributed by atoms with Crippen LogP contribution in [0, 0.1) is 5.92 Å². The Bertz CT molecular complexity index is 490. The molecule has 5 nitrogen and oxygen atoms in total. The van der Waals surface area contributed by atoms with Crippen LogP contribution in [0.2, 0.25) is 0 Å². The third-order valence-electron chi connectivity index (χ3n) is 4.07. The van der Waals surface area contributed by atoms with Crippen molar-refractivity contribution in [2.45, 2.75) is 19.3 Å². The molecule has 0 saturated carbocycles. The van der Waals surface area contributed by atoms with E-state index in [4.69, 9.17) is 15.2 Å². The van der Waals surface area contributed by atoms with E-state index >= 15 is 0 Å². The molecule has 1 aliphatic rings. The van der Waals surface area contributed by atoms with Crippen LogP contribution in [0.25, 0.3) is 0 Å². The maximum atomic E-state index is 12.2. The summed E-state index contributed by atoms with van der Waals surface area (Å²) in [6.45, 7) is 2.29. The number of likely N-dealkylation sites (tertiary alicyclic amines) is 1. The molecule has 2 rings (SSSR count). The monoisotopic (exact) mass is 292 g/mol. The molecule has 1 saturated heterocycles. The average molecular weight is 292 g/mol. The van der Waals surface area contributed by atoms with Gasteiger partial charge in [-0.25, -0.2) is 0 Å². The van der Waals surface area contributed by atoms with E-state index in [0.29, 0.717) is 25.3 Å². The van der Waals surface area contributed by atoms with Crippen LogP contribution >= 0.6 is 0 Å². The molecule has 1 aromatic rings. The van der Waals surface area contributed by atoms with E-state index in [2.05, 4.69) is 0 Å². The van der Waals surface area contributed by atoms with Gasteiger partial charge in [-0.2, -0.15) is 0 Å². The number of nitrogens with zero attached hydrogens (tertiary/aromatic N) is 1. The quantitative estimate of drug-likeness (QED) is 0.862. The zero-order chi connectivity index (χ0) is 15.2. The second-order valence-electron chi connectivity index (χ2n) is 5.41. The first-order valence-corrected chi connectivity index (χ1v) is 7.36. The number of carbonyl (C=O) groups excluding carboxylic acids is 1. The maximum absolute atomic E-state index is 12.2. The van der Waals surface area contributed by atoms with E-state index in [9.17, 15) is 4.79 Å². The standard InChI is InChI=1S/C16H24N2O3/c1-20-14-4-5-15(21-2)13(9-14)3-6-16(19)18-8-7-12(10-17)11-18/h4-5,9,12H,3,6-8,10-11,17H2,1-2H3. The minimum atomic E-state index is 0.191. The third kappa shape index (κ3) is 3.88. The zero-order valence-corrected chi connectivity index (χ0v) is 12.8. The Morgan fingerprint density at radius 1 is 1.38 bits per heavy atom. The summed E-state index contributed by atoms with van der Waals surface area (Å²) in [4.78, 5) is 14.2. The van der Waals surface area contributed by atoms with E-state index in [0.717, 1.165) is 36.6 Å². The molecular formula is C16H24N2O3. The van der Waals surface area contributed by atoms with Crippen molar-refractivity contribution in [1.82, 2.24) is 4.90 Å². The number of rotatable bonds is 6. The number of aryl methyl sites for hydroxylation is 1. The average Bonchev–Trinajstić information content (AvgIpc) is 3.01. The van der Waals surface area contributed by atoms with Crippen molar-refractivity contribution in [1.29, 1.82) is 0 Å². The molecule has 1 aromatic carbocycles. The van der Waals surface area contributed by atoms with Gasteiger partial charge in [0.05, 0.1) is 14.2 Å². The fraction of sp³-hybridized carbons (Fsp3) is 0.562. The summed E-state index contributed by atoms with van der Waals surface area (Å²) in [5.41, 5.74) is 6.66. The van der Waals surface area contributed by atoms with E-state index in [-0.39, 0.29) is 5.91 Å². The van der Waals surface area contributed by atoms with Gasteiger partial charge in [-0.15, -0.1) is 0 Å². The van der Waals surface area contributed by atoms with Gasteiger partial charge < -0.3 is 20.1 Å². The van der Waals surface area contributed by atoms with Gasteiger partial charge in [0, 0.05) is 19.5 Å². The lowest BCUT2D eigenvalue weighted by Gasteiger charge is -2.17. The van der Waals surface area contributed by atoms with Crippen molar-refractivity contribution in [2.24, 2.45) is 11.7 Å². The highest BCUT2D eigenvalue weighted by molar-refractivity contribution is 5.76. The van der Waals surface area contributed by atoms with Crippen LogP contribution in [0.4, 0.5) is 0 Å². The van der Waals surface area contributed by atoms with Crippen molar-refractivity contribution in [3.8, 4) is 11.5 Å². The molecule has 1 amide bonds. The molecule has 2 N–H and O–H groups in total. The summed E-state index contributed by atoms with van der Waals surface area (Å²) >= 11 is 0. The summed E-state index contributed by atoms with van der Waals surface area (Å²) in [6, 6.07) is 5.66. The molecule has 5 heteroatoms. The Kier molecular flexibility index (Phi) is 5.44. The second kappa shape index (κ2) is 7.31. The highest BCUT2D eigenvalue weighted by Gasteiger charge is 2.24. The molecule has 21 heavy (non-hydrogen) atoms. The number of methoxy groups -OCH3 is 2. The fourth-order valence-corrected chi connectivity index (χ4v) is 2.73. The van der Waals surface area contributed by atoms with Crippen LogP contribution in [0.3, 0.4) is 0 Å². The van der Waals surface area contributed by atoms with Crippen molar-refractivity contribution < 1.29 is 14.3 Å². The molecule has 0 aromatic heterocycles. The van der Waals surface area contributed by atoms with Gasteiger partial charge in [-0.1, -0.05) is 0 Å². The summed E-state index contributed by atoms with van der Waals surface area (Å²) in [6.07, 6.45) is 2.16. The first-order valence-electron chi connectivity index (χ1n) is 7.36. The summed E-state index contributed by atoms with van der Waals surface area (Å²) in [5.74, 6) is 2.23. The third-order valence-corrected chi connectivity index (χ3v) is 4.07.